The van der Waals surface area contributed by atoms with Crippen molar-refractivity contribution in [3.05, 3.63) is 0 Å². The predicted molar refractivity (Wildman–Crippen MR) is 49.4 cm³/mol. The molecule has 1 saturated carbocycles. The van der Waals surface area contributed by atoms with Crippen LogP contribution in [0.3, 0.4) is 0 Å². The monoisotopic (exact) mass is 169 g/mol. The summed E-state index contributed by atoms with van der Waals surface area (Å²) in [5.41, 5.74) is 5.31. The predicted octanol–water partition coefficient (Wildman–Crippen LogP) is 1.79. The highest BCUT2D eigenvalue weighted by atomic mass is 16.1. The molecule has 0 bridgehead atoms. The van der Waals surface area contributed by atoms with E-state index in [0.29, 0.717) is 17.8 Å². The van der Waals surface area contributed by atoms with E-state index >= 15 is 0 Å². The Morgan fingerprint density at radius 2 is 2.00 bits per heavy atom. The van der Waals surface area contributed by atoms with Gasteiger partial charge >= 0.3 is 0 Å². The smallest absolute Gasteiger partial charge is 0.220 e. The molecule has 1 fully saturated rings. The molecule has 3 atom stereocenters. The lowest BCUT2D eigenvalue weighted by Crippen LogP contribution is -2.25. The summed E-state index contributed by atoms with van der Waals surface area (Å²) >= 11 is 0. The van der Waals surface area contributed by atoms with Gasteiger partial charge in [0.25, 0.3) is 0 Å². The Kier molecular flexibility index (Phi) is 2.76. The zero-order valence-electron chi connectivity index (χ0n) is 8.21. The molecule has 70 valence electrons. The van der Waals surface area contributed by atoms with Crippen LogP contribution in [0.15, 0.2) is 0 Å². The summed E-state index contributed by atoms with van der Waals surface area (Å²) in [4.78, 5) is 11.0. The van der Waals surface area contributed by atoms with Crippen molar-refractivity contribution in [2.24, 2.45) is 29.4 Å². The molecule has 0 heterocycles. The first-order valence-corrected chi connectivity index (χ1v) is 4.81. The van der Waals surface area contributed by atoms with Crippen LogP contribution in [0, 0.1) is 23.7 Å². The third-order valence-corrected chi connectivity index (χ3v) is 3.23. The zero-order chi connectivity index (χ0) is 9.30. The van der Waals surface area contributed by atoms with Gasteiger partial charge in [-0.2, -0.15) is 0 Å². The number of carbonyl (C=O) groups is 1. The van der Waals surface area contributed by atoms with E-state index in [0.717, 1.165) is 6.42 Å². The maximum atomic E-state index is 11.0. The van der Waals surface area contributed by atoms with Gasteiger partial charge in [-0.3, -0.25) is 4.79 Å². The van der Waals surface area contributed by atoms with Crippen molar-refractivity contribution in [1.29, 1.82) is 0 Å². The van der Waals surface area contributed by atoms with Crippen molar-refractivity contribution < 1.29 is 4.79 Å². The third-order valence-electron chi connectivity index (χ3n) is 3.23. The largest absolute Gasteiger partial charge is 0.369 e. The lowest BCUT2D eigenvalue weighted by atomic mass is 9.93. The fourth-order valence-corrected chi connectivity index (χ4v) is 2.24. The fraction of sp³-hybridized carbons (Fsp3) is 0.900. The molecule has 1 rings (SSSR count). The lowest BCUT2D eigenvalue weighted by Gasteiger charge is -2.12. The van der Waals surface area contributed by atoms with Crippen LogP contribution in [0.4, 0.5) is 0 Å². The van der Waals surface area contributed by atoms with E-state index in [-0.39, 0.29) is 11.8 Å². The van der Waals surface area contributed by atoms with Crippen LogP contribution in [0.2, 0.25) is 0 Å². The number of primary amides is 1. The first kappa shape index (κ1) is 9.56. The molecule has 0 radical (unpaired) electrons. The van der Waals surface area contributed by atoms with E-state index in [1.54, 1.807) is 0 Å². The Morgan fingerprint density at radius 3 is 2.25 bits per heavy atom. The van der Waals surface area contributed by atoms with Gasteiger partial charge < -0.3 is 5.73 Å². The van der Waals surface area contributed by atoms with Crippen molar-refractivity contribution in [2.75, 3.05) is 0 Å². The average molecular weight is 169 g/mol. The van der Waals surface area contributed by atoms with Crippen LogP contribution in [-0.4, -0.2) is 5.91 Å². The molecule has 0 aromatic rings. The molecule has 2 heteroatoms. The SMILES string of the molecule is CC(C)C1CC(C)C(C(N)=O)C1. The summed E-state index contributed by atoms with van der Waals surface area (Å²) in [5, 5.41) is 0. The normalized spacial score (nSPS) is 35.8. The van der Waals surface area contributed by atoms with Crippen LogP contribution in [-0.2, 0) is 4.79 Å². The number of rotatable bonds is 2. The number of hydrogen-bond acceptors (Lipinski definition) is 1. The standard InChI is InChI=1S/C10H19NO/c1-6(2)8-4-7(3)9(5-8)10(11)12/h6-9H,4-5H2,1-3H3,(H2,11,12). The topological polar surface area (TPSA) is 43.1 Å². The highest BCUT2D eigenvalue weighted by molar-refractivity contribution is 5.77. The van der Waals surface area contributed by atoms with Crippen LogP contribution in [0.5, 0.6) is 0 Å². The van der Waals surface area contributed by atoms with Crippen LogP contribution in [0.1, 0.15) is 33.6 Å². The molecule has 0 aliphatic heterocycles. The van der Waals surface area contributed by atoms with Crippen LogP contribution >= 0.6 is 0 Å². The van der Waals surface area contributed by atoms with Gasteiger partial charge in [-0.25, -0.2) is 0 Å². The molecule has 12 heavy (non-hydrogen) atoms. The molecular weight excluding hydrogens is 150 g/mol. The Labute approximate surface area is 74.5 Å². The molecule has 1 amide bonds. The van der Waals surface area contributed by atoms with Crippen molar-refractivity contribution in [3.63, 3.8) is 0 Å². The summed E-state index contributed by atoms with van der Waals surface area (Å²) in [6.45, 7) is 6.58. The first-order valence-electron chi connectivity index (χ1n) is 4.81. The lowest BCUT2D eigenvalue weighted by molar-refractivity contribution is -0.122. The van der Waals surface area contributed by atoms with E-state index in [1.807, 2.05) is 0 Å². The minimum atomic E-state index is -0.106. The molecule has 0 aromatic carbocycles. The summed E-state index contributed by atoms with van der Waals surface area (Å²) < 4.78 is 0. The minimum Gasteiger partial charge on any atom is -0.369 e. The summed E-state index contributed by atoms with van der Waals surface area (Å²) in [6.07, 6.45) is 2.18. The number of nitrogens with two attached hydrogens (primary N) is 1. The zero-order valence-corrected chi connectivity index (χ0v) is 8.21. The van der Waals surface area contributed by atoms with Crippen LogP contribution in [0.25, 0.3) is 0 Å². The molecule has 3 unspecified atom stereocenters. The van der Waals surface area contributed by atoms with Gasteiger partial charge in [-0.1, -0.05) is 20.8 Å². The number of hydrogen-bond donors (Lipinski definition) is 1. The van der Waals surface area contributed by atoms with E-state index in [4.69, 9.17) is 5.73 Å². The van der Waals surface area contributed by atoms with Crippen molar-refractivity contribution in [2.45, 2.75) is 33.6 Å². The third kappa shape index (κ3) is 1.79. The molecule has 2 N–H and O–H groups in total. The van der Waals surface area contributed by atoms with Crippen LogP contribution < -0.4 is 5.73 Å². The summed E-state index contributed by atoms with van der Waals surface area (Å²) in [5.74, 6) is 1.92. The highest BCUT2D eigenvalue weighted by Crippen LogP contribution is 2.39. The second-order valence-electron chi connectivity index (χ2n) is 4.46. The molecule has 2 nitrogen and oxygen atoms in total. The number of carbonyl (C=O) groups excluding carboxylic acids is 1. The average Bonchev–Trinajstić information content (AvgIpc) is 2.30. The quantitative estimate of drug-likeness (QED) is 0.673. The van der Waals surface area contributed by atoms with Crippen molar-refractivity contribution >= 4 is 5.91 Å². The van der Waals surface area contributed by atoms with Gasteiger partial charge in [0.2, 0.25) is 5.91 Å². The molecule has 0 saturated heterocycles. The van der Waals surface area contributed by atoms with E-state index in [9.17, 15) is 4.79 Å². The second kappa shape index (κ2) is 3.46. The van der Waals surface area contributed by atoms with Gasteiger partial charge in [0, 0.05) is 5.92 Å². The van der Waals surface area contributed by atoms with Crippen molar-refractivity contribution in [1.82, 2.24) is 0 Å². The molecule has 0 spiro atoms. The van der Waals surface area contributed by atoms with Gasteiger partial charge in [-0.15, -0.1) is 0 Å². The number of amides is 1. The molecule has 1 aliphatic carbocycles. The first-order chi connectivity index (χ1) is 5.52. The van der Waals surface area contributed by atoms with Gasteiger partial charge in [0.15, 0.2) is 0 Å². The van der Waals surface area contributed by atoms with E-state index in [1.165, 1.54) is 6.42 Å². The van der Waals surface area contributed by atoms with Gasteiger partial charge in [-0.05, 0) is 30.6 Å². The molecule has 1 aliphatic rings. The van der Waals surface area contributed by atoms with E-state index in [2.05, 4.69) is 20.8 Å². The van der Waals surface area contributed by atoms with E-state index < -0.39 is 0 Å². The van der Waals surface area contributed by atoms with Crippen molar-refractivity contribution in [3.8, 4) is 0 Å². The Balaban J connectivity index is 2.56. The molecule has 0 aromatic heterocycles. The fourth-order valence-electron chi connectivity index (χ4n) is 2.24. The maximum absolute atomic E-state index is 11.0. The molecular formula is C10H19NO. The maximum Gasteiger partial charge on any atom is 0.220 e. The summed E-state index contributed by atoms with van der Waals surface area (Å²) in [7, 11) is 0. The Hall–Kier alpha value is -0.530. The Bertz CT molecular complexity index is 177. The minimum absolute atomic E-state index is 0.106. The van der Waals surface area contributed by atoms with Gasteiger partial charge in [0.1, 0.15) is 0 Å². The van der Waals surface area contributed by atoms with Gasteiger partial charge in [0.05, 0.1) is 0 Å². The second-order valence-corrected chi connectivity index (χ2v) is 4.46. The Morgan fingerprint density at radius 1 is 1.42 bits per heavy atom. The highest BCUT2D eigenvalue weighted by Gasteiger charge is 2.35. The summed E-state index contributed by atoms with van der Waals surface area (Å²) in [6, 6.07) is 0.